The number of nitrogens with zero attached hydrogens (tertiary/aromatic N) is 4. The Morgan fingerprint density at radius 2 is 2.32 bits per heavy atom. The van der Waals surface area contributed by atoms with Gasteiger partial charge in [0.2, 0.25) is 5.91 Å². The van der Waals surface area contributed by atoms with Gasteiger partial charge in [-0.2, -0.15) is 5.26 Å². The van der Waals surface area contributed by atoms with Gasteiger partial charge in [-0.15, -0.1) is 0 Å². The fraction of sp³-hybridized carbons (Fsp3) is 0.300. The van der Waals surface area contributed by atoms with Gasteiger partial charge < -0.3 is 20.9 Å². The van der Waals surface area contributed by atoms with Crippen LogP contribution < -0.4 is 11.1 Å². The molecule has 4 rings (SSSR count). The van der Waals surface area contributed by atoms with Gasteiger partial charge in [0.05, 0.1) is 17.5 Å². The van der Waals surface area contributed by atoms with Crippen LogP contribution in [0.2, 0.25) is 0 Å². The van der Waals surface area contributed by atoms with E-state index in [2.05, 4.69) is 20.3 Å². The van der Waals surface area contributed by atoms with Gasteiger partial charge in [0.25, 0.3) is 0 Å². The van der Waals surface area contributed by atoms with E-state index < -0.39 is 0 Å². The number of H-pyrrole nitrogens is 1. The highest BCUT2D eigenvalue weighted by Gasteiger charge is 2.25. The summed E-state index contributed by atoms with van der Waals surface area (Å²) in [7, 11) is 0. The summed E-state index contributed by atoms with van der Waals surface area (Å²) in [6, 6.07) is 9.52. The van der Waals surface area contributed by atoms with E-state index in [9.17, 15) is 4.79 Å². The average molecular weight is 375 g/mol. The first kappa shape index (κ1) is 17.8. The Kier molecular flexibility index (Phi) is 4.81. The number of hydrogen-bond acceptors (Lipinski definition) is 6. The molecular formula is C20H21N7O. The van der Waals surface area contributed by atoms with Crippen molar-refractivity contribution in [3.05, 3.63) is 36.7 Å². The highest BCUT2D eigenvalue weighted by Crippen LogP contribution is 2.34. The van der Waals surface area contributed by atoms with E-state index in [4.69, 9.17) is 11.0 Å². The minimum atomic E-state index is -0.117. The molecule has 3 aromatic rings. The Labute approximate surface area is 162 Å². The van der Waals surface area contributed by atoms with Crippen LogP contribution in [0, 0.1) is 11.3 Å². The number of aromatic nitrogens is 3. The van der Waals surface area contributed by atoms with Gasteiger partial charge in [-0.25, -0.2) is 9.97 Å². The first-order valence-corrected chi connectivity index (χ1v) is 9.26. The summed E-state index contributed by atoms with van der Waals surface area (Å²) < 4.78 is 0. The summed E-state index contributed by atoms with van der Waals surface area (Å²) in [4.78, 5) is 26.0. The van der Waals surface area contributed by atoms with Crippen LogP contribution in [0.1, 0.15) is 19.3 Å². The molecule has 0 radical (unpaired) electrons. The van der Waals surface area contributed by atoms with Gasteiger partial charge in [-0.05, 0) is 31.0 Å². The molecule has 28 heavy (non-hydrogen) atoms. The van der Waals surface area contributed by atoms with E-state index in [0.717, 1.165) is 40.8 Å². The number of anilines is 2. The second-order valence-corrected chi connectivity index (χ2v) is 6.89. The van der Waals surface area contributed by atoms with Crippen molar-refractivity contribution in [2.45, 2.75) is 25.3 Å². The van der Waals surface area contributed by atoms with Crippen molar-refractivity contribution in [1.29, 1.82) is 5.26 Å². The number of piperidine rings is 1. The molecular weight excluding hydrogens is 354 g/mol. The number of pyridine rings is 2. The van der Waals surface area contributed by atoms with Crippen molar-refractivity contribution in [2.24, 2.45) is 0 Å². The van der Waals surface area contributed by atoms with Crippen molar-refractivity contribution >= 4 is 28.4 Å². The second kappa shape index (κ2) is 7.56. The van der Waals surface area contributed by atoms with Crippen LogP contribution in [0.3, 0.4) is 0 Å². The zero-order valence-electron chi connectivity index (χ0n) is 15.4. The third-order valence-corrected chi connectivity index (χ3v) is 4.99. The second-order valence-electron chi connectivity index (χ2n) is 6.89. The molecule has 142 valence electrons. The molecule has 4 heterocycles. The maximum Gasteiger partial charge on any atom is 0.236 e. The lowest BCUT2D eigenvalue weighted by atomic mass is 10.0. The SMILES string of the molecule is N#CCC(=O)N1CCC[C@@H](Nc2c(-c3cccc(N)n3)cnc3[nH]ccc23)C1. The lowest BCUT2D eigenvalue weighted by Gasteiger charge is -2.34. The van der Waals surface area contributed by atoms with E-state index in [1.165, 1.54) is 0 Å². The third kappa shape index (κ3) is 3.47. The number of amides is 1. The fourth-order valence-electron chi connectivity index (χ4n) is 3.66. The van der Waals surface area contributed by atoms with Gasteiger partial charge in [-0.3, -0.25) is 4.79 Å². The number of hydrogen-bond donors (Lipinski definition) is 3. The molecule has 0 aromatic carbocycles. The lowest BCUT2D eigenvalue weighted by molar-refractivity contribution is -0.131. The van der Waals surface area contributed by atoms with Crippen LogP contribution in [0.4, 0.5) is 11.5 Å². The molecule has 0 unspecified atom stereocenters. The Morgan fingerprint density at radius 1 is 1.43 bits per heavy atom. The molecule has 0 aliphatic carbocycles. The Hall–Kier alpha value is -3.60. The number of nitrogens with two attached hydrogens (primary N) is 1. The lowest BCUT2D eigenvalue weighted by Crippen LogP contribution is -2.45. The summed E-state index contributed by atoms with van der Waals surface area (Å²) in [5.74, 6) is 0.330. The van der Waals surface area contributed by atoms with E-state index in [1.807, 2.05) is 30.5 Å². The highest BCUT2D eigenvalue weighted by atomic mass is 16.2. The number of carbonyl (C=O) groups excluding carboxylic acids is 1. The number of aromatic amines is 1. The number of fused-ring (bicyclic) bond motifs is 1. The Balaban J connectivity index is 1.68. The van der Waals surface area contributed by atoms with Gasteiger partial charge in [0.1, 0.15) is 17.9 Å². The van der Waals surface area contributed by atoms with Crippen LogP contribution in [0.25, 0.3) is 22.3 Å². The maximum atomic E-state index is 12.1. The molecule has 4 N–H and O–H groups in total. The molecule has 0 saturated carbocycles. The molecule has 1 aliphatic heterocycles. The molecule has 1 amide bonds. The standard InChI is InChI=1S/C20H21N7O/c21-8-6-18(28)27-10-2-3-13(12-27)25-19-14-7-9-23-20(14)24-11-15(19)16-4-1-5-17(22)26-16/h1,4-5,7,9,11,13H,2-3,6,10,12H2,(H2,22,26)(H2,23,24,25)/t13-/m1/s1. The minimum absolute atomic E-state index is 0.0803. The number of likely N-dealkylation sites (tertiary alicyclic amines) is 1. The molecule has 1 saturated heterocycles. The van der Waals surface area contributed by atoms with E-state index in [0.29, 0.717) is 18.9 Å². The molecule has 8 heteroatoms. The average Bonchev–Trinajstić information content (AvgIpc) is 3.18. The summed E-state index contributed by atoms with van der Waals surface area (Å²) in [5, 5.41) is 13.4. The zero-order chi connectivity index (χ0) is 19.5. The predicted octanol–water partition coefficient (Wildman–Crippen LogP) is 2.52. The van der Waals surface area contributed by atoms with Crippen molar-refractivity contribution in [3.63, 3.8) is 0 Å². The van der Waals surface area contributed by atoms with E-state index >= 15 is 0 Å². The summed E-state index contributed by atoms with van der Waals surface area (Å²) in [6.45, 7) is 1.26. The first-order chi connectivity index (χ1) is 13.7. The van der Waals surface area contributed by atoms with E-state index in [1.54, 1.807) is 17.2 Å². The Bertz CT molecular complexity index is 1050. The summed E-state index contributed by atoms with van der Waals surface area (Å²) in [6.07, 6.45) is 5.38. The summed E-state index contributed by atoms with van der Waals surface area (Å²) in [5.41, 5.74) is 9.18. The topological polar surface area (TPSA) is 124 Å². The number of rotatable bonds is 4. The van der Waals surface area contributed by atoms with Gasteiger partial charge in [-0.1, -0.05) is 6.07 Å². The predicted molar refractivity (Wildman–Crippen MR) is 107 cm³/mol. The molecule has 1 aliphatic rings. The van der Waals surface area contributed by atoms with Gasteiger partial charge in [0, 0.05) is 42.5 Å². The minimum Gasteiger partial charge on any atom is -0.384 e. The molecule has 1 atom stereocenters. The first-order valence-electron chi connectivity index (χ1n) is 9.26. The fourth-order valence-corrected chi connectivity index (χ4v) is 3.66. The van der Waals surface area contributed by atoms with Crippen LogP contribution in [0.15, 0.2) is 36.7 Å². The summed E-state index contributed by atoms with van der Waals surface area (Å²) >= 11 is 0. The molecule has 0 bridgehead atoms. The Morgan fingerprint density at radius 3 is 3.14 bits per heavy atom. The number of nitrogens with one attached hydrogen (secondary N) is 2. The number of nitriles is 1. The smallest absolute Gasteiger partial charge is 0.236 e. The van der Waals surface area contributed by atoms with Crippen LogP contribution in [-0.2, 0) is 4.79 Å². The number of carbonyl (C=O) groups is 1. The monoisotopic (exact) mass is 375 g/mol. The number of nitrogen functional groups attached to an aromatic ring is 1. The quantitative estimate of drug-likeness (QED) is 0.644. The van der Waals surface area contributed by atoms with Crippen LogP contribution in [0.5, 0.6) is 0 Å². The van der Waals surface area contributed by atoms with Crippen molar-refractivity contribution in [3.8, 4) is 17.3 Å². The van der Waals surface area contributed by atoms with Crippen molar-refractivity contribution in [2.75, 3.05) is 24.1 Å². The molecule has 0 spiro atoms. The molecule has 3 aromatic heterocycles. The maximum absolute atomic E-state index is 12.1. The molecule has 8 nitrogen and oxygen atoms in total. The third-order valence-electron chi connectivity index (χ3n) is 4.99. The largest absolute Gasteiger partial charge is 0.384 e. The zero-order valence-corrected chi connectivity index (χ0v) is 15.4. The highest BCUT2D eigenvalue weighted by molar-refractivity contribution is 5.97. The molecule has 1 fully saturated rings. The normalized spacial score (nSPS) is 16.7. The van der Waals surface area contributed by atoms with Gasteiger partial charge in [0.15, 0.2) is 0 Å². The van der Waals surface area contributed by atoms with E-state index in [-0.39, 0.29) is 18.4 Å². The van der Waals surface area contributed by atoms with Crippen LogP contribution in [-0.4, -0.2) is 44.9 Å². The van der Waals surface area contributed by atoms with Crippen molar-refractivity contribution < 1.29 is 4.79 Å². The van der Waals surface area contributed by atoms with Crippen LogP contribution >= 0.6 is 0 Å². The van der Waals surface area contributed by atoms with Gasteiger partial charge >= 0.3 is 0 Å². The van der Waals surface area contributed by atoms with Crippen molar-refractivity contribution in [1.82, 2.24) is 19.9 Å².